The van der Waals surface area contributed by atoms with Crippen LogP contribution in [0.15, 0.2) is 59.8 Å². The van der Waals surface area contributed by atoms with Gasteiger partial charge >= 0.3 is 0 Å². The lowest BCUT2D eigenvalue weighted by Crippen LogP contribution is -2.07. The highest BCUT2D eigenvalue weighted by atomic mass is 32.2. The van der Waals surface area contributed by atoms with Crippen molar-refractivity contribution in [3.63, 3.8) is 0 Å². The van der Waals surface area contributed by atoms with Crippen LogP contribution in [0.4, 0.5) is 22.0 Å². The van der Waals surface area contributed by atoms with E-state index in [0.29, 0.717) is 29.8 Å². The average Bonchev–Trinajstić information content (AvgIpc) is 3.08. The van der Waals surface area contributed by atoms with Crippen LogP contribution >= 0.6 is 11.8 Å². The van der Waals surface area contributed by atoms with E-state index in [2.05, 4.69) is 42.6 Å². The van der Waals surface area contributed by atoms with E-state index in [1.54, 1.807) is 12.1 Å². The van der Waals surface area contributed by atoms with E-state index in [9.17, 15) is 4.39 Å². The fraction of sp³-hybridized carbons (Fsp3) is 0.150. The van der Waals surface area contributed by atoms with E-state index in [0.717, 1.165) is 16.5 Å². The van der Waals surface area contributed by atoms with Gasteiger partial charge in [0, 0.05) is 5.69 Å². The normalized spacial score (nSPS) is 10.9. The Balaban J connectivity index is 1.48. The number of benzene rings is 2. The van der Waals surface area contributed by atoms with Gasteiger partial charge in [0.2, 0.25) is 11.9 Å². The number of nitrogen functional groups attached to an aromatic ring is 1. The van der Waals surface area contributed by atoms with Crippen molar-refractivity contribution in [2.45, 2.75) is 24.4 Å². The molecule has 2 aromatic heterocycles. The quantitative estimate of drug-likeness (QED) is 0.435. The zero-order valence-electron chi connectivity index (χ0n) is 16.2. The Hall–Kier alpha value is -3.53. The summed E-state index contributed by atoms with van der Waals surface area (Å²) < 4.78 is 15.1. The summed E-state index contributed by atoms with van der Waals surface area (Å²) in [5, 5.41) is 12.2. The molecule has 0 aliphatic carbocycles. The third kappa shape index (κ3) is 4.90. The number of thioether (sulfide) groups is 1. The van der Waals surface area contributed by atoms with Crippen molar-refractivity contribution in [1.29, 1.82) is 0 Å². The molecule has 0 amide bonds. The summed E-state index contributed by atoms with van der Waals surface area (Å²) in [5.41, 5.74) is 7.65. The molecule has 4 rings (SSSR count). The number of nitrogens with zero attached hydrogens (tertiary/aromatic N) is 6. The third-order valence-corrected chi connectivity index (χ3v) is 5.18. The Morgan fingerprint density at radius 1 is 1.00 bits per heavy atom. The average molecular weight is 422 g/mol. The lowest BCUT2D eigenvalue weighted by Gasteiger charge is -2.09. The van der Waals surface area contributed by atoms with Crippen molar-refractivity contribution in [1.82, 2.24) is 29.7 Å². The molecule has 2 heterocycles. The molecule has 0 aliphatic rings. The number of hydrogen-bond donors (Lipinski definition) is 2. The second-order valence-corrected chi connectivity index (χ2v) is 7.40. The monoisotopic (exact) mass is 422 g/mol. The Morgan fingerprint density at radius 3 is 2.53 bits per heavy atom. The molecule has 30 heavy (non-hydrogen) atoms. The van der Waals surface area contributed by atoms with Gasteiger partial charge in [-0.15, -0.1) is 10.2 Å². The van der Waals surface area contributed by atoms with Gasteiger partial charge in [0.05, 0.1) is 12.3 Å². The van der Waals surface area contributed by atoms with E-state index in [1.807, 2.05) is 29.7 Å². The van der Waals surface area contributed by atoms with Crippen molar-refractivity contribution < 1.29 is 4.39 Å². The summed E-state index contributed by atoms with van der Waals surface area (Å²) in [4.78, 5) is 12.7. The minimum absolute atomic E-state index is 0.104. The van der Waals surface area contributed by atoms with Gasteiger partial charge in [-0.3, -0.25) is 0 Å². The van der Waals surface area contributed by atoms with Crippen molar-refractivity contribution in [3.8, 4) is 0 Å². The largest absolute Gasteiger partial charge is 0.368 e. The van der Waals surface area contributed by atoms with E-state index >= 15 is 0 Å². The van der Waals surface area contributed by atoms with Crippen LogP contribution in [-0.2, 0) is 12.3 Å². The van der Waals surface area contributed by atoms with Crippen LogP contribution in [0.1, 0.15) is 17.2 Å². The number of nitrogens with two attached hydrogens (primary N) is 1. The molecule has 4 aromatic rings. The summed E-state index contributed by atoms with van der Waals surface area (Å²) in [6, 6.07) is 16.0. The molecule has 0 radical (unpaired) electrons. The van der Waals surface area contributed by atoms with Gasteiger partial charge in [0.25, 0.3) is 0 Å². The van der Waals surface area contributed by atoms with E-state index < -0.39 is 0 Å². The summed E-state index contributed by atoms with van der Waals surface area (Å²) in [6.45, 7) is 2.60. The fourth-order valence-corrected chi connectivity index (χ4v) is 3.60. The first kappa shape index (κ1) is 19.8. The van der Waals surface area contributed by atoms with Crippen LogP contribution < -0.4 is 11.1 Å². The van der Waals surface area contributed by atoms with Gasteiger partial charge in [-0.25, -0.2) is 4.39 Å². The van der Waals surface area contributed by atoms with Crippen molar-refractivity contribution in [3.05, 3.63) is 77.6 Å². The van der Waals surface area contributed by atoms with Gasteiger partial charge in [0.1, 0.15) is 17.5 Å². The van der Waals surface area contributed by atoms with Crippen LogP contribution in [0.3, 0.4) is 0 Å². The van der Waals surface area contributed by atoms with Crippen LogP contribution in [0.5, 0.6) is 0 Å². The molecule has 8 nitrogen and oxygen atoms in total. The Morgan fingerprint density at radius 2 is 1.77 bits per heavy atom. The number of aryl methyl sites for hydroxylation is 1. The minimum atomic E-state index is -0.317. The smallest absolute Gasteiger partial charge is 0.232 e. The highest BCUT2D eigenvalue weighted by molar-refractivity contribution is 7.98. The van der Waals surface area contributed by atoms with Crippen molar-refractivity contribution in [2.75, 3.05) is 11.1 Å². The molecule has 0 saturated heterocycles. The van der Waals surface area contributed by atoms with Crippen LogP contribution in [-0.4, -0.2) is 29.7 Å². The number of rotatable bonds is 7. The maximum absolute atomic E-state index is 13.1. The molecule has 0 atom stereocenters. The number of nitrogens with one attached hydrogen (secondary N) is 1. The third-order valence-electron chi connectivity index (χ3n) is 4.22. The van der Waals surface area contributed by atoms with Crippen LogP contribution in [0, 0.1) is 12.7 Å². The standard InChI is InChI=1S/C20H19FN8S/c1-13-27-28-20(29(13)11-14-5-3-2-4-6-14)30-12-17-24-18(22)26-19(25-17)23-16-9-7-15(21)8-10-16/h2-10H,11-12H2,1H3,(H3,22,23,24,25,26). The molecule has 0 fully saturated rings. The lowest BCUT2D eigenvalue weighted by molar-refractivity contribution is 0.628. The molecular formula is C20H19FN8S. The van der Waals surface area contributed by atoms with Gasteiger partial charge in [-0.1, -0.05) is 42.1 Å². The lowest BCUT2D eigenvalue weighted by atomic mass is 10.2. The Labute approximate surface area is 176 Å². The zero-order chi connectivity index (χ0) is 20.9. The zero-order valence-corrected chi connectivity index (χ0v) is 17.0. The molecule has 0 unspecified atom stereocenters. The SMILES string of the molecule is Cc1nnc(SCc2nc(N)nc(Nc3ccc(F)cc3)n2)n1Cc1ccccc1. The van der Waals surface area contributed by atoms with Gasteiger partial charge < -0.3 is 15.6 Å². The number of anilines is 3. The van der Waals surface area contributed by atoms with E-state index in [-0.39, 0.29) is 11.8 Å². The first-order valence-electron chi connectivity index (χ1n) is 9.16. The predicted molar refractivity (Wildman–Crippen MR) is 114 cm³/mol. The Bertz CT molecular complexity index is 1130. The molecule has 0 spiro atoms. The first-order valence-corrected chi connectivity index (χ1v) is 10.1. The van der Waals surface area contributed by atoms with Gasteiger partial charge in [-0.2, -0.15) is 15.0 Å². The number of aromatic nitrogens is 6. The topological polar surface area (TPSA) is 107 Å². The van der Waals surface area contributed by atoms with E-state index in [1.165, 1.54) is 23.9 Å². The van der Waals surface area contributed by atoms with E-state index in [4.69, 9.17) is 5.73 Å². The molecule has 152 valence electrons. The summed E-state index contributed by atoms with van der Waals surface area (Å²) in [5.74, 6) is 1.86. The number of hydrogen-bond acceptors (Lipinski definition) is 8. The van der Waals surface area contributed by atoms with Crippen molar-refractivity contribution >= 4 is 29.3 Å². The van der Waals surface area contributed by atoms with Crippen LogP contribution in [0.25, 0.3) is 0 Å². The maximum atomic E-state index is 13.1. The highest BCUT2D eigenvalue weighted by Crippen LogP contribution is 2.23. The maximum Gasteiger partial charge on any atom is 0.232 e. The molecule has 2 aromatic carbocycles. The second-order valence-electron chi connectivity index (χ2n) is 6.46. The summed E-state index contributed by atoms with van der Waals surface area (Å²) in [7, 11) is 0. The molecule has 10 heteroatoms. The highest BCUT2D eigenvalue weighted by Gasteiger charge is 2.12. The summed E-state index contributed by atoms with van der Waals surface area (Å²) in [6.07, 6.45) is 0. The molecule has 0 aliphatic heterocycles. The van der Waals surface area contributed by atoms with Gasteiger partial charge in [0.15, 0.2) is 5.16 Å². The first-order chi connectivity index (χ1) is 14.6. The molecule has 0 saturated carbocycles. The second kappa shape index (κ2) is 8.87. The van der Waals surface area contributed by atoms with Gasteiger partial charge in [-0.05, 0) is 36.8 Å². The molecule has 0 bridgehead atoms. The molecular weight excluding hydrogens is 403 g/mol. The number of halogens is 1. The Kier molecular flexibility index (Phi) is 5.84. The predicted octanol–water partition coefficient (Wildman–Crippen LogP) is 3.58. The summed E-state index contributed by atoms with van der Waals surface area (Å²) >= 11 is 1.47. The fourth-order valence-electron chi connectivity index (χ4n) is 2.77. The van der Waals surface area contributed by atoms with Crippen LogP contribution in [0.2, 0.25) is 0 Å². The molecule has 3 N–H and O–H groups in total. The minimum Gasteiger partial charge on any atom is -0.368 e. The van der Waals surface area contributed by atoms with Crippen molar-refractivity contribution in [2.24, 2.45) is 0 Å².